The molecule has 27 heavy (non-hydrogen) atoms. The second-order valence-corrected chi connectivity index (χ2v) is 6.91. The van der Waals surface area contributed by atoms with Crippen LogP contribution in [-0.2, 0) is 0 Å². The summed E-state index contributed by atoms with van der Waals surface area (Å²) in [5.74, 6) is 1.24. The SMILES string of the molecule is O=C(Nc1ccc(Cl)cc1)c1ccc(OCCOc2ccccc2)c(Br)c1. The molecule has 6 heteroatoms. The van der Waals surface area contributed by atoms with E-state index < -0.39 is 0 Å². The van der Waals surface area contributed by atoms with E-state index in [-0.39, 0.29) is 5.91 Å². The number of rotatable bonds is 7. The number of carbonyl (C=O) groups excluding carboxylic acids is 1. The number of hydrogen-bond donors (Lipinski definition) is 1. The number of carbonyl (C=O) groups is 1. The molecule has 0 radical (unpaired) electrons. The fourth-order valence-corrected chi connectivity index (χ4v) is 2.94. The van der Waals surface area contributed by atoms with Gasteiger partial charge in [-0.1, -0.05) is 29.8 Å². The summed E-state index contributed by atoms with van der Waals surface area (Å²) in [6, 6.07) is 21.7. The Balaban J connectivity index is 1.53. The van der Waals surface area contributed by atoms with Crippen molar-refractivity contribution in [2.75, 3.05) is 18.5 Å². The molecular formula is C21H17BrClNO3. The van der Waals surface area contributed by atoms with Crippen molar-refractivity contribution >= 4 is 39.1 Å². The fraction of sp³-hybridized carbons (Fsp3) is 0.0952. The van der Waals surface area contributed by atoms with Crippen LogP contribution in [0.25, 0.3) is 0 Å². The van der Waals surface area contributed by atoms with Gasteiger partial charge in [0, 0.05) is 16.3 Å². The quantitative estimate of drug-likeness (QED) is 0.466. The van der Waals surface area contributed by atoms with Crippen LogP contribution in [0.4, 0.5) is 5.69 Å². The van der Waals surface area contributed by atoms with Gasteiger partial charge in [0.15, 0.2) is 0 Å². The van der Waals surface area contributed by atoms with Gasteiger partial charge in [0.25, 0.3) is 5.91 Å². The number of hydrogen-bond acceptors (Lipinski definition) is 3. The Hall–Kier alpha value is -2.50. The van der Waals surface area contributed by atoms with Crippen molar-refractivity contribution in [2.45, 2.75) is 0 Å². The molecule has 138 valence electrons. The minimum absolute atomic E-state index is 0.211. The molecule has 0 bridgehead atoms. The van der Waals surface area contributed by atoms with Gasteiger partial charge >= 0.3 is 0 Å². The van der Waals surface area contributed by atoms with Crippen LogP contribution < -0.4 is 14.8 Å². The number of nitrogens with one attached hydrogen (secondary N) is 1. The van der Waals surface area contributed by atoms with E-state index in [1.54, 1.807) is 42.5 Å². The third kappa shape index (κ3) is 5.74. The number of benzene rings is 3. The van der Waals surface area contributed by atoms with Crippen LogP contribution in [0.15, 0.2) is 77.3 Å². The zero-order valence-electron chi connectivity index (χ0n) is 14.3. The summed E-state index contributed by atoms with van der Waals surface area (Å²) >= 11 is 9.29. The van der Waals surface area contributed by atoms with Gasteiger partial charge in [-0.25, -0.2) is 0 Å². The standard InChI is InChI=1S/C21H17BrClNO3/c22-19-14-15(21(25)24-17-9-7-16(23)8-10-17)6-11-20(19)27-13-12-26-18-4-2-1-3-5-18/h1-11,14H,12-13H2,(H,24,25). The first-order valence-corrected chi connectivity index (χ1v) is 9.46. The molecular weight excluding hydrogens is 430 g/mol. The Labute approximate surface area is 171 Å². The lowest BCUT2D eigenvalue weighted by Crippen LogP contribution is -2.12. The van der Waals surface area contributed by atoms with Crippen molar-refractivity contribution in [1.29, 1.82) is 0 Å². The maximum Gasteiger partial charge on any atom is 0.255 e. The van der Waals surface area contributed by atoms with Gasteiger partial charge in [0.2, 0.25) is 0 Å². The van der Waals surface area contributed by atoms with E-state index in [1.807, 2.05) is 30.3 Å². The average molecular weight is 447 g/mol. The molecule has 1 amide bonds. The van der Waals surface area contributed by atoms with E-state index in [1.165, 1.54) is 0 Å². The third-order valence-electron chi connectivity index (χ3n) is 3.65. The Morgan fingerprint density at radius 3 is 2.33 bits per heavy atom. The molecule has 3 aromatic carbocycles. The van der Waals surface area contributed by atoms with Gasteiger partial charge < -0.3 is 14.8 Å². The van der Waals surface area contributed by atoms with Gasteiger partial charge in [-0.3, -0.25) is 4.79 Å². The summed E-state index contributed by atoms with van der Waals surface area (Å²) < 4.78 is 12.0. The molecule has 0 aliphatic heterocycles. The molecule has 0 aliphatic carbocycles. The normalized spacial score (nSPS) is 10.3. The van der Waals surface area contributed by atoms with Crippen molar-refractivity contribution in [2.24, 2.45) is 0 Å². The van der Waals surface area contributed by atoms with Gasteiger partial charge in [-0.05, 0) is 70.5 Å². The minimum atomic E-state index is -0.211. The summed E-state index contributed by atoms with van der Waals surface area (Å²) in [6.45, 7) is 0.819. The average Bonchev–Trinajstić information content (AvgIpc) is 2.68. The predicted octanol–water partition coefficient (Wildman–Crippen LogP) is 5.81. The fourth-order valence-electron chi connectivity index (χ4n) is 2.32. The number of ether oxygens (including phenoxy) is 2. The highest BCUT2D eigenvalue weighted by molar-refractivity contribution is 9.10. The lowest BCUT2D eigenvalue weighted by atomic mass is 10.2. The minimum Gasteiger partial charge on any atom is -0.490 e. The second kappa shape index (κ2) is 9.44. The highest BCUT2D eigenvalue weighted by Crippen LogP contribution is 2.26. The molecule has 3 aromatic rings. The van der Waals surface area contributed by atoms with Crippen LogP contribution in [0.1, 0.15) is 10.4 Å². The Morgan fingerprint density at radius 2 is 1.63 bits per heavy atom. The predicted molar refractivity (Wildman–Crippen MR) is 111 cm³/mol. The third-order valence-corrected chi connectivity index (χ3v) is 4.52. The van der Waals surface area contributed by atoms with Crippen molar-refractivity contribution < 1.29 is 14.3 Å². The molecule has 0 aromatic heterocycles. The van der Waals surface area contributed by atoms with E-state index in [0.717, 1.165) is 5.75 Å². The highest BCUT2D eigenvalue weighted by Gasteiger charge is 2.10. The number of amides is 1. The largest absolute Gasteiger partial charge is 0.490 e. The van der Waals surface area contributed by atoms with E-state index in [4.69, 9.17) is 21.1 Å². The van der Waals surface area contributed by atoms with Crippen LogP contribution in [0.5, 0.6) is 11.5 Å². The molecule has 0 atom stereocenters. The Kier molecular flexibility index (Phi) is 6.74. The van der Waals surface area contributed by atoms with Gasteiger partial charge in [0.05, 0.1) is 4.47 Å². The summed E-state index contributed by atoms with van der Waals surface area (Å²) in [7, 11) is 0. The lowest BCUT2D eigenvalue weighted by Gasteiger charge is -2.11. The smallest absolute Gasteiger partial charge is 0.255 e. The number of para-hydroxylation sites is 1. The van der Waals surface area contributed by atoms with Gasteiger partial charge in [-0.2, -0.15) is 0 Å². The first kappa shape index (κ1) is 19.3. The van der Waals surface area contributed by atoms with Crippen LogP contribution in [0.2, 0.25) is 5.02 Å². The first-order valence-electron chi connectivity index (χ1n) is 8.29. The van der Waals surface area contributed by atoms with Crippen molar-refractivity contribution in [3.63, 3.8) is 0 Å². The van der Waals surface area contributed by atoms with E-state index in [0.29, 0.717) is 39.7 Å². The Bertz CT molecular complexity index is 901. The number of anilines is 1. The molecule has 0 saturated heterocycles. The zero-order valence-corrected chi connectivity index (χ0v) is 16.7. The molecule has 0 fully saturated rings. The maximum atomic E-state index is 12.4. The molecule has 0 aliphatic rings. The first-order chi connectivity index (χ1) is 13.1. The van der Waals surface area contributed by atoms with Crippen molar-refractivity contribution in [1.82, 2.24) is 0 Å². The lowest BCUT2D eigenvalue weighted by molar-refractivity contribution is 0.102. The van der Waals surface area contributed by atoms with Crippen LogP contribution in [-0.4, -0.2) is 19.1 Å². The molecule has 1 N–H and O–H groups in total. The van der Waals surface area contributed by atoms with Crippen molar-refractivity contribution in [3.8, 4) is 11.5 Å². The summed E-state index contributed by atoms with van der Waals surface area (Å²) in [6.07, 6.45) is 0. The van der Waals surface area contributed by atoms with E-state index in [9.17, 15) is 4.79 Å². The highest BCUT2D eigenvalue weighted by atomic mass is 79.9. The molecule has 4 nitrogen and oxygen atoms in total. The van der Waals surface area contributed by atoms with Crippen molar-refractivity contribution in [3.05, 3.63) is 87.9 Å². The molecule has 0 saturated carbocycles. The monoisotopic (exact) mass is 445 g/mol. The zero-order chi connectivity index (χ0) is 19.1. The number of halogens is 2. The summed E-state index contributed by atoms with van der Waals surface area (Å²) in [4.78, 5) is 12.4. The maximum absolute atomic E-state index is 12.4. The molecule has 3 rings (SSSR count). The van der Waals surface area contributed by atoms with E-state index >= 15 is 0 Å². The summed E-state index contributed by atoms with van der Waals surface area (Å²) in [5.41, 5.74) is 1.20. The Morgan fingerprint density at radius 1 is 0.926 bits per heavy atom. The molecule has 0 unspecified atom stereocenters. The molecule has 0 heterocycles. The van der Waals surface area contributed by atoms with Gasteiger partial charge in [-0.15, -0.1) is 0 Å². The topological polar surface area (TPSA) is 47.6 Å². The molecule has 0 spiro atoms. The summed E-state index contributed by atoms with van der Waals surface area (Å²) in [5, 5.41) is 3.44. The van der Waals surface area contributed by atoms with Crippen LogP contribution in [0, 0.1) is 0 Å². The van der Waals surface area contributed by atoms with Gasteiger partial charge in [0.1, 0.15) is 24.7 Å². The van der Waals surface area contributed by atoms with E-state index in [2.05, 4.69) is 21.2 Å². The van der Waals surface area contributed by atoms with Crippen LogP contribution in [0.3, 0.4) is 0 Å². The second-order valence-electron chi connectivity index (χ2n) is 5.62. The van der Waals surface area contributed by atoms with Crippen LogP contribution >= 0.6 is 27.5 Å².